The predicted molar refractivity (Wildman–Crippen MR) is 120 cm³/mol. The third kappa shape index (κ3) is 4.06. The predicted octanol–water partition coefficient (Wildman–Crippen LogP) is 4.70. The van der Waals surface area contributed by atoms with E-state index in [0.717, 1.165) is 40.9 Å². The van der Waals surface area contributed by atoms with E-state index in [1.165, 1.54) is 0 Å². The van der Waals surface area contributed by atoms with Crippen LogP contribution in [0.3, 0.4) is 0 Å². The van der Waals surface area contributed by atoms with Crippen molar-refractivity contribution in [2.45, 2.75) is 25.8 Å². The minimum atomic E-state index is -0.772. The molecular formula is C25H25N3O2. The van der Waals surface area contributed by atoms with Crippen molar-refractivity contribution in [2.75, 3.05) is 16.8 Å². The van der Waals surface area contributed by atoms with Crippen LogP contribution < -0.4 is 15.5 Å². The lowest BCUT2D eigenvalue weighted by molar-refractivity contribution is -0.120. The van der Waals surface area contributed by atoms with E-state index in [-0.39, 0.29) is 5.91 Å². The van der Waals surface area contributed by atoms with Crippen LogP contribution in [0.2, 0.25) is 0 Å². The molecule has 2 N–H and O–H groups in total. The van der Waals surface area contributed by atoms with Crippen LogP contribution >= 0.6 is 0 Å². The zero-order chi connectivity index (χ0) is 20.9. The highest BCUT2D eigenvalue weighted by molar-refractivity contribution is 6.02. The van der Waals surface area contributed by atoms with Crippen molar-refractivity contribution >= 4 is 23.3 Å². The minimum absolute atomic E-state index is 0.134. The van der Waals surface area contributed by atoms with Gasteiger partial charge in [0.05, 0.1) is 0 Å². The molecule has 30 heavy (non-hydrogen) atoms. The lowest BCUT2D eigenvalue weighted by atomic mass is 10.1. The molecule has 1 aliphatic rings. The van der Waals surface area contributed by atoms with E-state index >= 15 is 0 Å². The molecule has 0 bridgehead atoms. The molecule has 5 nitrogen and oxygen atoms in total. The van der Waals surface area contributed by atoms with Crippen LogP contribution in [0.4, 0.5) is 16.2 Å². The number of amides is 3. The molecule has 3 aromatic carbocycles. The summed E-state index contributed by atoms with van der Waals surface area (Å²) in [6.45, 7) is 2.66. The Balaban J connectivity index is 1.58. The van der Waals surface area contributed by atoms with Gasteiger partial charge >= 0.3 is 6.03 Å². The van der Waals surface area contributed by atoms with Gasteiger partial charge in [0.2, 0.25) is 0 Å². The largest absolute Gasteiger partial charge is 0.322 e. The first-order chi connectivity index (χ1) is 14.7. The highest BCUT2D eigenvalue weighted by atomic mass is 16.2. The fourth-order valence-corrected chi connectivity index (χ4v) is 3.90. The Bertz CT molecular complexity index is 1050. The lowest BCUT2D eigenvalue weighted by Gasteiger charge is -2.25. The summed E-state index contributed by atoms with van der Waals surface area (Å²) in [5, 5.41) is 5.80. The number of aryl methyl sites for hydroxylation is 1. The summed E-state index contributed by atoms with van der Waals surface area (Å²) < 4.78 is 0. The molecule has 0 radical (unpaired) electrons. The van der Waals surface area contributed by atoms with Crippen molar-refractivity contribution in [1.82, 2.24) is 5.32 Å². The summed E-state index contributed by atoms with van der Waals surface area (Å²) in [5.74, 6) is -0.134. The quantitative estimate of drug-likeness (QED) is 0.653. The van der Waals surface area contributed by atoms with Crippen molar-refractivity contribution in [3.8, 4) is 0 Å². The van der Waals surface area contributed by atoms with Gasteiger partial charge in [0.1, 0.15) is 6.04 Å². The van der Waals surface area contributed by atoms with Crippen LogP contribution in [0.15, 0.2) is 78.9 Å². The average molecular weight is 399 g/mol. The van der Waals surface area contributed by atoms with Gasteiger partial charge in [-0.2, -0.15) is 0 Å². The van der Waals surface area contributed by atoms with Crippen LogP contribution in [-0.2, 0) is 17.6 Å². The summed E-state index contributed by atoms with van der Waals surface area (Å²) >= 11 is 0. The van der Waals surface area contributed by atoms with Gasteiger partial charge in [-0.05, 0) is 41.7 Å². The first-order valence-corrected chi connectivity index (χ1v) is 10.3. The Morgan fingerprint density at radius 2 is 1.63 bits per heavy atom. The van der Waals surface area contributed by atoms with Gasteiger partial charge in [-0.15, -0.1) is 0 Å². The number of para-hydroxylation sites is 2. The number of carbonyl (C=O) groups is 2. The molecule has 1 aliphatic heterocycles. The van der Waals surface area contributed by atoms with E-state index in [1.807, 2.05) is 85.8 Å². The van der Waals surface area contributed by atoms with E-state index in [0.29, 0.717) is 6.54 Å². The molecule has 0 aliphatic carbocycles. The second-order valence-electron chi connectivity index (χ2n) is 7.32. The van der Waals surface area contributed by atoms with E-state index in [2.05, 4.69) is 10.6 Å². The fraction of sp³-hybridized carbons (Fsp3) is 0.200. The Kier molecular flexibility index (Phi) is 5.80. The van der Waals surface area contributed by atoms with Crippen molar-refractivity contribution in [2.24, 2.45) is 0 Å². The fourth-order valence-electron chi connectivity index (χ4n) is 3.90. The normalized spacial score (nSPS) is 13.4. The number of urea groups is 1. The van der Waals surface area contributed by atoms with Crippen molar-refractivity contribution in [3.63, 3.8) is 0 Å². The Morgan fingerprint density at radius 1 is 0.933 bits per heavy atom. The monoisotopic (exact) mass is 399 g/mol. The Labute approximate surface area is 176 Å². The van der Waals surface area contributed by atoms with Gasteiger partial charge in [-0.1, -0.05) is 73.7 Å². The molecule has 0 saturated heterocycles. The molecule has 0 spiro atoms. The number of rotatable bonds is 5. The topological polar surface area (TPSA) is 61.4 Å². The van der Waals surface area contributed by atoms with E-state index in [4.69, 9.17) is 0 Å². The maximum absolute atomic E-state index is 13.5. The molecule has 152 valence electrons. The third-order valence-corrected chi connectivity index (χ3v) is 5.45. The number of nitrogens with one attached hydrogen (secondary N) is 2. The van der Waals surface area contributed by atoms with E-state index in [9.17, 15) is 9.59 Å². The number of hydrogen-bond donors (Lipinski definition) is 2. The standard InChI is InChI=1S/C25H25N3O2/c1-2-18-10-6-8-14-21(18)26-25(30)27-23(20-12-4-3-5-13-20)24(29)28-17-16-19-11-7-9-15-22(19)28/h3-15,23H,2,16-17H2,1H3,(H2,26,27,30). The van der Waals surface area contributed by atoms with Gasteiger partial charge in [0.15, 0.2) is 0 Å². The smallest absolute Gasteiger partial charge is 0.320 e. The first-order valence-electron chi connectivity index (χ1n) is 10.3. The van der Waals surface area contributed by atoms with Crippen LogP contribution in [-0.4, -0.2) is 18.5 Å². The van der Waals surface area contributed by atoms with Crippen LogP contribution in [0, 0.1) is 0 Å². The second kappa shape index (κ2) is 8.82. The minimum Gasteiger partial charge on any atom is -0.322 e. The van der Waals surface area contributed by atoms with Crippen LogP contribution in [0.5, 0.6) is 0 Å². The number of benzene rings is 3. The summed E-state index contributed by atoms with van der Waals surface area (Å²) in [6.07, 6.45) is 1.63. The number of hydrogen-bond acceptors (Lipinski definition) is 2. The lowest BCUT2D eigenvalue weighted by Crippen LogP contribution is -2.44. The van der Waals surface area contributed by atoms with Gasteiger partial charge in [0, 0.05) is 17.9 Å². The number of carbonyl (C=O) groups excluding carboxylic acids is 2. The van der Waals surface area contributed by atoms with Crippen molar-refractivity contribution in [3.05, 3.63) is 95.6 Å². The van der Waals surface area contributed by atoms with Gasteiger partial charge in [-0.3, -0.25) is 4.79 Å². The Hall–Kier alpha value is -3.60. The summed E-state index contributed by atoms with van der Waals surface area (Å²) in [7, 11) is 0. The molecule has 3 amide bonds. The zero-order valence-electron chi connectivity index (χ0n) is 17.0. The van der Waals surface area contributed by atoms with E-state index in [1.54, 1.807) is 4.90 Å². The van der Waals surface area contributed by atoms with Gasteiger partial charge in [0.25, 0.3) is 5.91 Å². The number of fused-ring (bicyclic) bond motifs is 1. The van der Waals surface area contributed by atoms with Crippen LogP contribution in [0.25, 0.3) is 0 Å². The molecule has 0 aromatic heterocycles. The Morgan fingerprint density at radius 3 is 2.43 bits per heavy atom. The molecule has 1 atom stereocenters. The highest BCUT2D eigenvalue weighted by Crippen LogP contribution is 2.30. The molecule has 4 rings (SSSR count). The first kappa shape index (κ1) is 19.7. The average Bonchev–Trinajstić information content (AvgIpc) is 3.22. The van der Waals surface area contributed by atoms with Crippen molar-refractivity contribution in [1.29, 1.82) is 0 Å². The van der Waals surface area contributed by atoms with Gasteiger partial charge < -0.3 is 15.5 Å². The third-order valence-electron chi connectivity index (χ3n) is 5.45. The molecule has 3 aromatic rings. The van der Waals surface area contributed by atoms with E-state index < -0.39 is 12.1 Å². The number of anilines is 2. The number of nitrogens with zero attached hydrogens (tertiary/aromatic N) is 1. The second-order valence-corrected chi connectivity index (χ2v) is 7.32. The molecule has 0 fully saturated rings. The summed E-state index contributed by atoms with van der Waals surface area (Å²) in [5.41, 5.74) is 4.62. The van der Waals surface area contributed by atoms with Crippen molar-refractivity contribution < 1.29 is 9.59 Å². The molecule has 0 saturated carbocycles. The SMILES string of the molecule is CCc1ccccc1NC(=O)NC(C(=O)N1CCc2ccccc21)c1ccccc1. The molecule has 5 heteroatoms. The maximum Gasteiger partial charge on any atom is 0.320 e. The van der Waals surface area contributed by atoms with Crippen LogP contribution in [0.1, 0.15) is 29.7 Å². The van der Waals surface area contributed by atoms with Gasteiger partial charge in [-0.25, -0.2) is 4.79 Å². The molecule has 1 unspecified atom stereocenters. The zero-order valence-corrected chi connectivity index (χ0v) is 17.0. The molecule has 1 heterocycles. The highest BCUT2D eigenvalue weighted by Gasteiger charge is 2.32. The molecular weight excluding hydrogens is 374 g/mol. The summed E-state index contributed by atoms with van der Waals surface area (Å²) in [4.78, 5) is 28.1. The maximum atomic E-state index is 13.5. The summed E-state index contributed by atoms with van der Waals surface area (Å²) in [6, 6.07) is 23.8.